The first-order valence-corrected chi connectivity index (χ1v) is 9.18. The van der Waals surface area contributed by atoms with E-state index in [4.69, 9.17) is 0 Å². The highest BCUT2D eigenvalue weighted by atomic mass is 32.2. The van der Waals surface area contributed by atoms with Crippen molar-refractivity contribution in [3.05, 3.63) is 29.3 Å². The molecule has 0 unspecified atom stereocenters. The topological polar surface area (TPSA) is 66.5 Å². The van der Waals surface area contributed by atoms with Gasteiger partial charge in [0.05, 0.1) is 10.5 Å². The van der Waals surface area contributed by atoms with Gasteiger partial charge in [-0.3, -0.25) is 19.3 Å². The molecular weight excluding hydrogens is 324 g/mol. The molecule has 5 nitrogen and oxygen atoms in total. The summed E-state index contributed by atoms with van der Waals surface area (Å²) < 4.78 is 0. The van der Waals surface area contributed by atoms with E-state index in [1.165, 1.54) is 11.8 Å². The van der Waals surface area contributed by atoms with Gasteiger partial charge in [0.25, 0.3) is 0 Å². The van der Waals surface area contributed by atoms with Crippen molar-refractivity contribution in [1.82, 2.24) is 4.90 Å². The van der Waals surface area contributed by atoms with E-state index in [1.54, 1.807) is 0 Å². The average Bonchev–Trinajstić information content (AvgIpc) is 2.50. The van der Waals surface area contributed by atoms with Crippen molar-refractivity contribution in [2.45, 2.75) is 51.0 Å². The molecule has 3 amide bonds. The van der Waals surface area contributed by atoms with E-state index in [2.05, 4.69) is 5.32 Å². The molecule has 1 aromatic rings. The van der Waals surface area contributed by atoms with E-state index < -0.39 is 0 Å². The van der Waals surface area contributed by atoms with E-state index in [1.807, 2.05) is 45.9 Å². The van der Waals surface area contributed by atoms with Gasteiger partial charge in [0.2, 0.25) is 17.7 Å². The minimum absolute atomic E-state index is 0.224. The Morgan fingerprint density at radius 3 is 2.00 bits per heavy atom. The van der Waals surface area contributed by atoms with Crippen molar-refractivity contribution < 1.29 is 14.4 Å². The fraction of sp³-hybridized carbons (Fsp3) is 0.500. The Hall–Kier alpha value is -1.82. The first-order chi connectivity index (χ1) is 11.3. The van der Waals surface area contributed by atoms with Gasteiger partial charge in [-0.2, -0.15) is 0 Å². The number of hydrogen-bond acceptors (Lipinski definition) is 4. The standard InChI is InChI=1S/C18H24N2O3S/c1-5-14-17(22)20(18(23)15(6-2)24-14)10-16(21)19-13-8-11(3)7-12(4)9-13/h7-9,14-15H,5-6,10H2,1-4H3,(H,19,21)/t14-,15-/m0/s1. The summed E-state index contributed by atoms with van der Waals surface area (Å²) >= 11 is 1.41. The van der Waals surface area contributed by atoms with Crippen LogP contribution in [0.25, 0.3) is 0 Å². The van der Waals surface area contributed by atoms with Gasteiger partial charge in [0, 0.05) is 5.69 Å². The summed E-state index contributed by atoms with van der Waals surface area (Å²) in [6.45, 7) is 7.53. The number of benzene rings is 1. The Kier molecular flexibility index (Phi) is 6.04. The minimum atomic E-state index is -0.349. The van der Waals surface area contributed by atoms with Crippen molar-refractivity contribution in [2.24, 2.45) is 0 Å². The summed E-state index contributed by atoms with van der Waals surface area (Å²) in [6.07, 6.45) is 1.31. The number of rotatable bonds is 5. The number of carbonyl (C=O) groups is 3. The van der Waals surface area contributed by atoms with Gasteiger partial charge in [0.15, 0.2) is 0 Å². The smallest absolute Gasteiger partial charge is 0.244 e. The van der Waals surface area contributed by atoms with Crippen molar-refractivity contribution in [3.63, 3.8) is 0 Å². The van der Waals surface area contributed by atoms with Crippen LogP contribution in [0, 0.1) is 13.8 Å². The van der Waals surface area contributed by atoms with Crippen LogP contribution in [0.2, 0.25) is 0 Å². The van der Waals surface area contributed by atoms with Crippen LogP contribution in [0.1, 0.15) is 37.8 Å². The largest absolute Gasteiger partial charge is 0.325 e. The molecule has 0 aromatic heterocycles. The zero-order valence-corrected chi connectivity index (χ0v) is 15.4. The second-order valence-corrected chi connectivity index (χ2v) is 7.53. The van der Waals surface area contributed by atoms with Gasteiger partial charge in [-0.25, -0.2) is 0 Å². The normalized spacial score (nSPS) is 21.1. The number of nitrogens with one attached hydrogen (secondary N) is 1. The molecule has 1 aliphatic rings. The molecule has 0 aliphatic carbocycles. The van der Waals surface area contributed by atoms with Crippen molar-refractivity contribution >= 4 is 35.2 Å². The van der Waals surface area contributed by atoms with E-state index in [-0.39, 0.29) is 34.8 Å². The van der Waals surface area contributed by atoms with E-state index in [0.717, 1.165) is 16.0 Å². The van der Waals surface area contributed by atoms with Crippen molar-refractivity contribution in [3.8, 4) is 0 Å². The lowest BCUT2D eigenvalue weighted by Crippen LogP contribution is -2.53. The summed E-state index contributed by atoms with van der Waals surface area (Å²) in [5.74, 6) is -0.862. The molecule has 0 spiro atoms. The number of anilines is 1. The Morgan fingerprint density at radius 2 is 1.54 bits per heavy atom. The number of carbonyl (C=O) groups excluding carboxylic acids is 3. The predicted molar refractivity (Wildman–Crippen MR) is 97.0 cm³/mol. The number of imide groups is 1. The van der Waals surface area contributed by atoms with Crippen LogP contribution in [0.15, 0.2) is 18.2 Å². The summed E-state index contributed by atoms with van der Waals surface area (Å²) in [4.78, 5) is 38.3. The molecule has 0 bridgehead atoms. The number of aryl methyl sites for hydroxylation is 2. The van der Waals surface area contributed by atoms with Gasteiger partial charge in [-0.15, -0.1) is 11.8 Å². The van der Waals surface area contributed by atoms with Crippen molar-refractivity contribution in [1.29, 1.82) is 0 Å². The number of amides is 3. The molecule has 0 saturated carbocycles. The van der Waals surface area contributed by atoms with Gasteiger partial charge in [0.1, 0.15) is 6.54 Å². The Morgan fingerprint density at radius 1 is 1.04 bits per heavy atom. The van der Waals surface area contributed by atoms with E-state index >= 15 is 0 Å². The Bertz CT molecular complexity index is 617. The molecule has 130 valence electrons. The third kappa shape index (κ3) is 4.17. The zero-order chi connectivity index (χ0) is 17.9. The number of nitrogens with zero attached hydrogens (tertiary/aromatic N) is 1. The summed E-state index contributed by atoms with van der Waals surface area (Å²) in [5, 5.41) is 2.29. The van der Waals surface area contributed by atoms with E-state index in [0.29, 0.717) is 18.5 Å². The first-order valence-electron chi connectivity index (χ1n) is 8.24. The minimum Gasteiger partial charge on any atom is -0.325 e. The van der Waals surface area contributed by atoms with Gasteiger partial charge in [-0.05, 0) is 49.9 Å². The molecule has 1 N–H and O–H groups in total. The molecule has 2 rings (SSSR count). The maximum atomic E-state index is 12.4. The van der Waals surface area contributed by atoms with Crippen LogP contribution in [-0.4, -0.2) is 39.7 Å². The highest BCUT2D eigenvalue weighted by molar-refractivity contribution is 8.02. The second-order valence-electron chi connectivity index (χ2n) is 6.12. The molecule has 6 heteroatoms. The van der Waals surface area contributed by atoms with Crippen LogP contribution in [0.5, 0.6) is 0 Å². The molecule has 1 heterocycles. The highest BCUT2D eigenvalue weighted by Crippen LogP contribution is 2.31. The third-order valence-corrected chi connectivity index (χ3v) is 5.69. The summed E-state index contributed by atoms with van der Waals surface area (Å²) in [5.41, 5.74) is 2.77. The molecule has 1 saturated heterocycles. The molecule has 24 heavy (non-hydrogen) atoms. The van der Waals surface area contributed by atoms with Gasteiger partial charge < -0.3 is 5.32 Å². The molecule has 1 fully saturated rings. The third-order valence-electron chi connectivity index (χ3n) is 3.96. The predicted octanol–water partition coefficient (Wildman–Crippen LogP) is 2.90. The van der Waals surface area contributed by atoms with Crippen molar-refractivity contribution in [2.75, 3.05) is 11.9 Å². The van der Waals surface area contributed by atoms with Crippen LogP contribution in [0.3, 0.4) is 0 Å². The van der Waals surface area contributed by atoms with Gasteiger partial charge in [-0.1, -0.05) is 19.9 Å². The molecule has 1 aliphatic heterocycles. The zero-order valence-electron chi connectivity index (χ0n) is 14.6. The lowest BCUT2D eigenvalue weighted by Gasteiger charge is -2.34. The molecule has 2 atom stereocenters. The van der Waals surface area contributed by atoms with E-state index in [9.17, 15) is 14.4 Å². The molecular formula is C18H24N2O3S. The average molecular weight is 348 g/mol. The summed E-state index contributed by atoms with van der Waals surface area (Å²) in [6, 6.07) is 5.75. The quantitative estimate of drug-likeness (QED) is 0.831. The lowest BCUT2D eigenvalue weighted by molar-refractivity contribution is -0.147. The fourth-order valence-electron chi connectivity index (χ4n) is 2.86. The fourth-order valence-corrected chi connectivity index (χ4v) is 4.13. The van der Waals surface area contributed by atoms with Crippen LogP contribution < -0.4 is 5.32 Å². The summed E-state index contributed by atoms with van der Waals surface area (Å²) in [7, 11) is 0. The monoisotopic (exact) mass is 348 g/mol. The van der Waals surface area contributed by atoms with Crippen LogP contribution in [-0.2, 0) is 14.4 Å². The number of hydrogen-bond donors (Lipinski definition) is 1. The van der Waals surface area contributed by atoms with Gasteiger partial charge >= 0.3 is 0 Å². The Labute approximate surface area is 147 Å². The van der Waals surface area contributed by atoms with Crippen LogP contribution in [0.4, 0.5) is 5.69 Å². The SMILES string of the molecule is CC[C@@H]1S[C@@H](CC)C(=O)N(CC(=O)Nc2cc(C)cc(C)c2)C1=O. The second kappa shape index (κ2) is 7.83. The maximum absolute atomic E-state index is 12.4. The highest BCUT2D eigenvalue weighted by Gasteiger charge is 2.40. The Balaban J connectivity index is 2.10. The number of thioether (sulfide) groups is 1. The molecule has 0 radical (unpaired) electrons. The lowest BCUT2D eigenvalue weighted by atomic mass is 10.1. The van der Waals surface area contributed by atoms with Crippen LogP contribution >= 0.6 is 11.8 Å². The molecule has 1 aromatic carbocycles. The maximum Gasteiger partial charge on any atom is 0.244 e. The first kappa shape index (κ1) is 18.5.